The van der Waals surface area contributed by atoms with Crippen LogP contribution in [-0.2, 0) is 4.74 Å². The molecule has 1 fully saturated rings. The lowest BCUT2D eigenvalue weighted by Crippen LogP contribution is -2.43. The highest BCUT2D eigenvalue weighted by atomic mass is 16.5. The molecule has 7 heteroatoms. The average Bonchev–Trinajstić information content (AvgIpc) is 3.42. The molecule has 1 N–H and O–H groups in total. The molecular formula is C21H23N3O4. The maximum absolute atomic E-state index is 12.6. The van der Waals surface area contributed by atoms with Crippen molar-refractivity contribution in [2.45, 2.75) is 13.0 Å². The second-order valence-electron chi connectivity index (χ2n) is 6.83. The molecule has 7 nitrogen and oxygen atoms in total. The van der Waals surface area contributed by atoms with Gasteiger partial charge in [0.2, 0.25) is 0 Å². The van der Waals surface area contributed by atoms with Crippen LogP contribution in [-0.4, -0.2) is 48.8 Å². The van der Waals surface area contributed by atoms with E-state index in [4.69, 9.17) is 13.7 Å². The summed E-state index contributed by atoms with van der Waals surface area (Å²) in [5, 5.41) is 6.88. The van der Waals surface area contributed by atoms with E-state index < -0.39 is 0 Å². The predicted octanol–water partition coefficient (Wildman–Crippen LogP) is 3.05. The third kappa shape index (κ3) is 4.16. The molecule has 28 heavy (non-hydrogen) atoms. The van der Waals surface area contributed by atoms with Crippen molar-refractivity contribution < 1.29 is 18.5 Å². The molecule has 0 unspecified atom stereocenters. The molecule has 146 valence electrons. The highest BCUT2D eigenvalue weighted by molar-refractivity contribution is 5.93. The van der Waals surface area contributed by atoms with E-state index in [-0.39, 0.29) is 17.6 Å². The van der Waals surface area contributed by atoms with Gasteiger partial charge in [-0.1, -0.05) is 35.0 Å². The SMILES string of the molecule is Cc1ccc(-c2cc(C(=O)NC[C@@H](c3ccco3)N3CCOCC3)no2)cc1. The van der Waals surface area contributed by atoms with Gasteiger partial charge in [0.25, 0.3) is 5.91 Å². The molecular weight excluding hydrogens is 358 g/mol. The minimum Gasteiger partial charge on any atom is -0.468 e. The van der Waals surface area contributed by atoms with E-state index in [2.05, 4.69) is 15.4 Å². The lowest BCUT2D eigenvalue weighted by Gasteiger charge is -2.33. The Bertz CT molecular complexity index is 896. The maximum Gasteiger partial charge on any atom is 0.273 e. The molecule has 0 spiro atoms. The number of furan rings is 1. The number of hydrogen-bond donors (Lipinski definition) is 1. The summed E-state index contributed by atoms with van der Waals surface area (Å²) in [5.74, 6) is 1.12. The number of carbonyl (C=O) groups is 1. The van der Waals surface area contributed by atoms with Crippen molar-refractivity contribution in [2.75, 3.05) is 32.8 Å². The number of aryl methyl sites for hydroxylation is 1. The van der Waals surface area contributed by atoms with Gasteiger partial charge in [0.15, 0.2) is 11.5 Å². The Morgan fingerprint density at radius 3 is 2.71 bits per heavy atom. The lowest BCUT2D eigenvalue weighted by molar-refractivity contribution is 0.0118. The van der Waals surface area contributed by atoms with Gasteiger partial charge in [-0.25, -0.2) is 0 Å². The number of nitrogens with zero attached hydrogens (tertiary/aromatic N) is 2. The summed E-state index contributed by atoms with van der Waals surface area (Å²) in [6.45, 7) is 5.38. The molecule has 1 aliphatic rings. The lowest BCUT2D eigenvalue weighted by atomic mass is 10.1. The molecule has 0 aliphatic carbocycles. The summed E-state index contributed by atoms with van der Waals surface area (Å²) in [6, 6.07) is 13.3. The molecule has 3 heterocycles. The summed E-state index contributed by atoms with van der Waals surface area (Å²) < 4.78 is 16.4. The Labute approximate surface area is 163 Å². The first-order chi connectivity index (χ1) is 13.7. The first kappa shape index (κ1) is 18.5. The number of amides is 1. The van der Waals surface area contributed by atoms with Crippen LogP contribution in [0.4, 0.5) is 0 Å². The molecule has 1 aromatic carbocycles. The molecule has 0 radical (unpaired) electrons. The summed E-state index contributed by atoms with van der Waals surface area (Å²) in [4.78, 5) is 14.8. The summed E-state index contributed by atoms with van der Waals surface area (Å²) in [6.07, 6.45) is 1.65. The number of ether oxygens (including phenoxy) is 1. The summed E-state index contributed by atoms with van der Waals surface area (Å²) in [7, 11) is 0. The Balaban J connectivity index is 1.43. The first-order valence-electron chi connectivity index (χ1n) is 9.38. The maximum atomic E-state index is 12.6. The van der Waals surface area contributed by atoms with Crippen molar-refractivity contribution in [2.24, 2.45) is 0 Å². The van der Waals surface area contributed by atoms with Crippen molar-refractivity contribution in [3.05, 3.63) is 65.7 Å². The second kappa shape index (κ2) is 8.41. The highest BCUT2D eigenvalue weighted by Crippen LogP contribution is 2.23. The molecule has 1 atom stereocenters. The minimum atomic E-state index is -0.271. The Kier molecular flexibility index (Phi) is 5.55. The van der Waals surface area contributed by atoms with Gasteiger partial charge in [0.1, 0.15) is 5.76 Å². The van der Waals surface area contributed by atoms with Gasteiger partial charge < -0.3 is 19.0 Å². The van der Waals surface area contributed by atoms with Crippen molar-refractivity contribution in [3.8, 4) is 11.3 Å². The fourth-order valence-corrected chi connectivity index (χ4v) is 3.30. The van der Waals surface area contributed by atoms with Crippen LogP contribution in [0.25, 0.3) is 11.3 Å². The largest absolute Gasteiger partial charge is 0.468 e. The van der Waals surface area contributed by atoms with E-state index in [0.29, 0.717) is 25.5 Å². The number of nitrogens with one attached hydrogen (secondary N) is 1. The molecule has 0 saturated carbocycles. The van der Waals surface area contributed by atoms with E-state index in [1.807, 2.05) is 43.3 Å². The normalized spacial score (nSPS) is 16.0. The number of benzene rings is 1. The van der Waals surface area contributed by atoms with Crippen molar-refractivity contribution in [3.63, 3.8) is 0 Å². The van der Waals surface area contributed by atoms with E-state index in [9.17, 15) is 4.79 Å². The zero-order valence-corrected chi connectivity index (χ0v) is 15.8. The van der Waals surface area contributed by atoms with Crippen LogP contribution in [0.2, 0.25) is 0 Å². The molecule has 0 bridgehead atoms. The van der Waals surface area contributed by atoms with Gasteiger partial charge in [0, 0.05) is 31.3 Å². The topological polar surface area (TPSA) is 80.7 Å². The van der Waals surface area contributed by atoms with E-state index >= 15 is 0 Å². The molecule has 1 saturated heterocycles. The fraction of sp³-hybridized carbons (Fsp3) is 0.333. The van der Waals surface area contributed by atoms with Gasteiger partial charge in [0.05, 0.1) is 25.5 Å². The molecule has 4 rings (SSSR count). The van der Waals surface area contributed by atoms with Gasteiger partial charge in [-0.3, -0.25) is 9.69 Å². The Hall–Kier alpha value is -2.90. The number of morpholine rings is 1. The number of aromatic nitrogens is 1. The Morgan fingerprint density at radius 2 is 2.00 bits per heavy atom. The smallest absolute Gasteiger partial charge is 0.273 e. The quantitative estimate of drug-likeness (QED) is 0.707. The predicted molar refractivity (Wildman–Crippen MR) is 103 cm³/mol. The third-order valence-corrected chi connectivity index (χ3v) is 4.89. The standard InChI is InChI=1S/C21H23N3O4/c1-15-4-6-16(7-5-15)20-13-17(23-28-20)21(25)22-14-18(19-3-2-10-27-19)24-8-11-26-12-9-24/h2-7,10,13,18H,8-9,11-12,14H2,1H3,(H,22,25)/t18-/m0/s1. The third-order valence-electron chi connectivity index (χ3n) is 4.89. The molecule has 1 amide bonds. The van der Waals surface area contributed by atoms with E-state index in [0.717, 1.165) is 30.0 Å². The highest BCUT2D eigenvalue weighted by Gasteiger charge is 2.26. The molecule has 2 aromatic heterocycles. The van der Waals surface area contributed by atoms with Crippen LogP contribution < -0.4 is 5.32 Å². The van der Waals surface area contributed by atoms with Gasteiger partial charge in [-0.05, 0) is 19.1 Å². The van der Waals surface area contributed by atoms with Gasteiger partial charge in [-0.15, -0.1) is 0 Å². The minimum absolute atomic E-state index is 0.0497. The van der Waals surface area contributed by atoms with E-state index in [1.54, 1.807) is 12.3 Å². The van der Waals surface area contributed by atoms with Crippen LogP contribution >= 0.6 is 0 Å². The Morgan fingerprint density at radius 1 is 1.21 bits per heavy atom. The van der Waals surface area contributed by atoms with Crippen molar-refractivity contribution in [1.82, 2.24) is 15.4 Å². The van der Waals surface area contributed by atoms with Crippen LogP contribution in [0.15, 0.2) is 57.7 Å². The van der Waals surface area contributed by atoms with Crippen LogP contribution in [0, 0.1) is 6.92 Å². The monoisotopic (exact) mass is 381 g/mol. The molecule has 1 aliphatic heterocycles. The molecule has 3 aromatic rings. The first-order valence-corrected chi connectivity index (χ1v) is 9.38. The van der Waals surface area contributed by atoms with Gasteiger partial charge in [-0.2, -0.15) is 0 Å². The zero-order valence-electron chi connectivity index (χ0n) is 15.8. The summed E-state index contributed by atoms with van der Waals surface area (Å²) in [5.41, 5.74) is 2.31. The summed E-state index contributed by atoms with van der Waals surface area (Å²) >= 11 is 0. The average molecular weight is 381 g/mol. The van der Waals surface area contributed by atoms with Crippen LogP contribution in [0.5, 0.6) is 0 Å². The zero-order chi connectivity index (χ0) is 19.3. The van der Waals surface area contributed by atoms with E-state index in [1.165, 1.54) is 0 Å². The van der Waals surface area contributed by atoms with Crippen LogP contribution in [0.1, 0.15) is 27.9 Å². The van der Waals surface area contributed by atoms with Gasteiger partial charge >= 0.3 is 0 Å². The fourth-order valence-electron chi connectivity index (χ4n) is 3.30. The van der Waals surface area contributed by atoms with Crippen LogP contribution in [0.3, 0.4) is 0 Å². The second-order valence-corrected chi connectivity index (χ2v) is 6.83. The van der Waals surface area contributed by atoms with Crippen molar-refractivity contribution >= 4 is 5.91 Å². The number of carbonyl (C=O) groups excluding carboxylic acids is 1. The number of rotatable bonds is 6. The number of hydrogen-bond acceptors (Lipinski definition) is 6. The van der Waals surface area contributed by atoms with Crippen molar-refractivity contribution in [1.29, 1.82) is 0 Å².